The van der Waals surface area contributed by atoms with E-state index in [0.717, 1.165) is 53.1 Å². The Labute approximate surface area is 221 Å². The monoisotopic (exact) mass is 512 g/mol. The molecule has 0 saturated carbocycles. The fraction of sp³-hybridized carbons (Fsp3) is 0.393. The summed E-state index contributed by atoms with van der Waals surface area (Å²) in [4.78, 5) is 19.1. The molecule has 0 radical (unpaired) electrons. The van der Waals surface area contributed by atoms with Crippen molar-refractivity contribution in [2.75, 3.05) is 25.0 Å². The molecule has 1 amide bonds. The molecule has 6 rings (SSSR count). The topological polar surface area (TPSA) is 103 Å². The van der Waals surface area contributed by atoms with Crippen LogP contribution in [0.5, 0.6) is 0 Å². The molecule has 1 saturated heterocycles. The fourth-order valence-corrected chi connectivity index (χ4v) is 4.97. The maximum Gasteiger partial charge on any atom is 0.410 e. The highest BCUT2D eigenvalue weighted by Crippen LogP contribution is 2.27. The average Bonchev–Trinajstić information content (AvgIpc) is 3.55. The van der Waals surface area contributed by atoms with Gasteiger partial charge in [0.2, 0.25) is 0 Å². The Kier molecular flexibility index (Phi) is 6.09. The zero-order chi connectivity index (χ0) is 26.3. The largest absolute Gasteiger partial charge is 0.444 e. The lowest BCUT2D eigenvalue weighted by Gasteiger charge is -2.33. The standard InChI is InChI=1S/C28H32N8O2/c1-28(2,3)38-27(37)34-13-10-22(11-14-34)35-18-21(16-30-35)24-8-9-25-26(31-24)36(33-32-25)17-19-6-7-23-20(15-19)5-4-12-29-23/h4-9,15-16,18,22,29H,10-14,17H2,1-3H3. The zero-order valence-corrected chi connectivity index (χ0v) is 22.0. The molecule has 0 bridgehead atoms. The van der Waals surface area contributed by atoms with E-state index in [0.29, 0.717) is 19.6 Å². The predicted molar refractivity (Wildman–Crippen MR) is 146 cm³/mol. The van der Waals surface area contributed by atoms with Crippen LogP contribution in [0.3, 0.4) is 0 Å². The number of carbonyl (C=O) groups is 1. The summed E-state index contributed by atoms with van der Waals surface area (Å²) in [5.41, 5.74) is 6.25. The molecule has 0 aliphatic carbocycles. The highest BCUT2D eigenvalue weighted by atomic mass is 16.6. The quantitative estimate of drug-likeness (QED) is 0.421. The minimum Gasteiger partial charge on any atom is -0.444 e. The molecule has 2 aliphatic rings. The van der Waals surface area contributed by atoms with Crippen molar-refractivity contribution in [3.8, 4) is 11.3 Å². The van der Waals surface area contributed by atoms with E-state index in [2.05, 4.69) is 51.1 Å². The van der Waals surface area contributed by atoms with Gasteiger partial charge in [0.15, 0.2) is 5.65 Å². The number of piperidine rings is 1. The highest BCUT2D eigenvalue weighted by molar-refractivity contribution is 5.75. The van der Waals surface area contributed by atoms with E-state index in [4.69, 9.17) is 9.72 Å². The third-order valence-corrected chi connectivity index (χ3v) is 6.90. The highest BCUT2D eigenvalue weighted by Gasteiger charge is 2.28. The third-order valence-electron chi connectivity index (χ3n) is 6.90. The number of likely N-dealkylation sites (tertiary alicyclic amines) is 1. The maximum atomic E-state index is 12.4. The van der Waals surface area contributed by atoms with Gasteiger partial charge in [-0.3, -0.25) is 4.68 Å². The second-order valence-corrected chi connectivity index (χ2v) is 10.9. The number of fused-ring (bicyclic) bond motifs is 2. The van der Waals surface area contributed by atoms with Gasteiger partial charge in [0.05, 0.1) is 24.5 Å². The Morgan fingerprint density at radius 3 is 2.82 bits per heavy atom. The maximum absolute atomic E-state index is 12.4. The number of rotatable bonds is 4. The molecule has 0 atom stereocenters. The summed E-state index contributed by atoms with van der Waals surface area (Å²) in [6, 6.07) is 10.5. The number of ether oxygens (including phenoxy) is 1. The number of hydrogen-bond donors (Lipinski definition) is 1. The molecule has 1 aromatic carbocycles. The molecule has 5 heterocycles. The van der Waals surface area contributed by atoms with Gasteiger partial charge in [-0.25, -0.2) is 14.5 Å². The van der Waals surface area contributed by atoms with Gasteiger partial charge < -0.3 is 15.0 Å². The van der Waals surface area contributed by atoms with Crippen LogP contribution in [0.1, 0.15) is 50.8 Å². The summed E-state index contributed by atoms with van der Waals surface area (Å²) < 4.78 is 9.36. The van der Waals surface area contributed by atoms with Crippen LogP contribution < -0.4 is 5.32 Å². The minimum atomic E-state index is -0.487. The third kappa shape index (κ3) is 4.98. The van der Waals surface area contributed by atoms with Gasteiger partial charge in [-0.05, 0) is 69.0 Å². The van der Waals surface area contributed by atoms with Crippen molar-refractivity contribution < 1.29 is 9.53 Å². The van der Waals surface area contributed by atoms with E-state index in [9.17, 15) is 4.79 Å². The Bertz CT molecular complexity index is 1500. The summed E-state index contributed by atoms with van der Waals surface area (Å²) in [7, 11) is 0. The van der Waals surface area contributed by atoms with Gasteiger partial charge in [0.25, 0.3) is 0 Å². The van der Waals surface area contributed by atoms with Crippen LogP contribution in [0.4, 0.5) is 10.5 Å². The molecular weight excluding hydrogens is 480 g/mol. The molecule has 10 heteroatoms. The molecule has 3 aromatic heterocycles. The van der Waals surface area contributed by atoms with Gasteiger partial charge in [0, 0.05) is 37.1 Å². The number of anilines is 1. The summed E-state index contributed by atoms with van der Waals surface area (Å²) in [6.45, 7) is 8.41. The van der Waals surface area contributed by atoms with E-state index in [1.807, 2.05) is 54.7 Å². The Balaban J connectivity index is 1.16. The lowest BCUT2D eigenvalue weighted by molar-refractivity contribution is 0.0185. The van der Waals surface area contributed by atoms with Crippen LogP contribution in [0.2, 0.25) is 0 Å². The van der Waals surface area contributed by atoms with Crippen molar-refractivity contribution in [1.82, 2.24) is 34.7 Å². The second-order valence-electron chi connectivity index (χ2n) is 10.9. The van der Waals surface area contributed by atoms with E-state index >= 15 is 0 Å². The van der Waals surface area contributed by atoms with Gasteiger partial charge in [-0.2, -0.15) is 5.10 Å². The second kappa shape index (κ2) is 9.59. The summed E-state index contributed by atoms with van der Waals surface area (Å²) in [5, 5.41) is 16.7. The molecule has 196 valence electrons. The normalized spacial score (nSPS) is 15.9. The van der Waals surface area contributed by atoms with Gasteiger partial charge in [0.1, 0.15) is 11.1 Å². The Morgan fingerprint density at radius 2 is 2.00 bits per heavy atom. The summed E-state index contributed by atoms with van der Waals surface area (Å²) >= 11 is 0. The van der Waals surface area contributed by atoms with Crippen molar-refractivity contribution in [3.63, 3.8) is 0 Å². The number of amides is 1. The number of pyridine rings is 1. The van der Waals surface area contributed by atoms with Crippen molar-refractivity contribution in [3.05, 3.63) is 59.9 Å². The molecule has 1 fully saturated rings. The first-order valence-corrected chi connectivity index (χ1v) is 13.1. The van der Waals surface area contributed by atoms with Crippen molar-refractivity contribution in [2.45, 2.75) is 51.8 Å². The van der Waals surface area contributed by atoms with Crippen molar-refractivity contribution in [1.29, 1.82) is 0 Å². The van der Waals surface area contributed by atoms with Crippen LogP contribution in [0.15, 0.2) is 48.8 Å². The number of benzene rings is 1. The fourth-order valence-electron chi connectivity index (χ4n) is 4.97. The van der Waals surface area contributed by atoms with Gasteiger partial charge in [-0.1, -0.05) is 23.4 Å². The van der Waals surface area contributed by atoms with E-state index in [-0.39, 0.29) is 12.1 Å². The molecule has 4 aromatic rings. The molecule has 10 nitrogen and oxygen atoms in total. The lowest BCUT2D eigenvalue weighted by Crippen LogP contribution is -2.42. The van der Waals surface area contributed by atoms with E-state index < -0.39 is 5.60 Å². The Morgan fingerprint density at radius 1 is 1.16 bits per heavy atom. The van der Waals surface area contributed by atoms with E-state index in [1.54, 1.807) is 4.90 Å². The molecule has 38 heavy (non-hydrogen) atoms. The smallest absolute Gasteiger partial charge is 0.410 e. The number of nitrogens with one attached hydrogen (secondary N) is 1. The Hall–Kier alpha value is -4.21. The molecule has 1 N–H and O–H groups in total. The molecular formula is C28H32N8O2. The number of nitrogens with zero attached hydrogens (tertiary/aromatic N) is 7. The predicted octanol–water partition coefficient (Wildman–Crippen LogP) is 4.75. The number of hydrogen-bond acceptors (Lipinski definition) is 7. The zero-order valence-electron chi connectivity index (χ0n) is 22.0. The van der Waals surface area contributed by atoms with E-state index in [1.165, 1.54) is 5.56 Å². The van der Waals surface area contributed by atoms with Gasteiger partial charge in [-0.15, -0.1) is 5.10 Å². The molecule has 0 unspecified atom stereocenters. The SMILES string of the molecule is CC(C)(C)OC(=O)N1CCC(n2cc(-c3ccc4nnn(Cc5ccc6c(c5)C=CCN6)c4n3)cn2)CC1. The first-order valence-electron chi connectivity index (χ1n) is 13.1. The van der Waals surface area contributed by atoms with Gasteiger partial charge >= 0.3 is 6.09 Å². The molecule has 0 spiro atoms. The van der Waals surface area contributed by atoms with Crippen LogP contribution in [0.25, 0.3) is 28.5 Å². The summed E-state index contributed by atoms with van der Waals surface area (Å²) in [6.07, 6.45) is 9.57. The number of carbonyl (C=O) groups excluding carboxylic acids is 1. The minimum absolute atomic E-state index is 0.228. The first-order chi connectivity index (χ1) is 18.3. The molecule has 2 aliphatic heterocycles. The van der Waals surface area contributed by atoms with Crippen molar-refractivity contribution >= 4 is 29.0 Å². The number of aromatic nitrogens is 6. The first kappa shape index (κ1) is 24.1. The lowest BCUT2D eigenvalue weighted by atomic mass is 10.1. The summed E-state index contributed by atoms with van der Waals surface area (Å²) in [5.74, 6) is 0. The van der Waals surface area contributed by atoms with Crippen LogP contribution in [-0.2, 0) is 11.3 Å². The van der Waals surface area contributed by atoms with Crippen LogP contribution in [0, 0.1) is 0 Å². The van der Waals surface area contributed by atoms with Crippen molar-refractivity contribution in [2.24, 2.45) is 0 Å². The average molecular weight is 513 g/mol. The van der Waals surface area contributed by atoms with Crippen LogP contribution in [-0.4, -0.2) is 66.0 Å². The van der Waals surface area contributed by atoms with Crippen LogP contribution >= 0.6 is 0 Å².